The van der Waals surface area contributed by atoms with Crippen LogP contribution in [0.4, 0.5) is 13.2 Å². The molecule has 1 aliphatic heterocycles. The van der Waals surface area contributed by atoms with Gasteiger partial charge in [0.15, 0.2) is 0 Å². The van der Waals surface area contributed by atoms with Gasteiger partial charge in [-0.25, -0.2) is 5.43 Å². The van der Waals surface area contributed by atoms with Gasteiger partial charge in [-0.2, -0.15) is 13.2 Å². The van der Waals surface area contributed by atoms with Crippen LogP contribution in [0.15, 0.2) is 16.6 Å². The maximum Gasteiger partial charge on any atom is 0.405 e. The Kier molecular flexibility index (Phi) is 3.61. The highest BCUT2D eigenvalue weighted by Crippen LogP contribution is 2.29. The molecule has 7 heteroatoms. The van der Waals surface area contributed by atoms with Crippen molar-refractivity contribution in [3.05, 3.63) is 33.3 Å². The summed E-state index contributed by atoms with van der Waals surface area (Å²) < 4.78 is 38.3. The van der Waals surface area contributed by atoms with Crippen molar-refractivity contribution < 1.29 is 18.0 Å². The summed E-state index contributed by atoms with van der Waals surface area (Å²) in [5.41, 5.74) is 4.15. The average molecular weight is 337 g/mol. The molecule has 0 aromatic heterocycles. The topological polar surface area (TPSA) is 32.3 Å². The van der Waals surface area contributed by atoms with Crippen molar-refractivity contribution >= 4 is 21.8 Å². The van der Waals surface area contributed by atoms with Crippen LogP contribution in [0.25, 0.3) is 0 Å². The fourth-order valence-corrected chi connectivity index (χ4v) is 2.65. The van der Waals surface area contributed by atoms with Gasteiger partial charge in [-0.1, -0.05) is 15.9 Å². The average Bonchev–Trinajstić information content (AvgIpc) is 2.54. The number of carbonyl (C=O) groups excluding carboxylic acids is 1. The summed E-state index contributed by atoms with van der Waals surface area (Å²) in [6, 6.07) is 1.75. The van der Waals surface area contributed by atoms with Crippen LogP contribution in [0, 0.1) is 6.92 Å². The Hall–Kier alpha value is -1.08. The lowest BCUT2D eigenvalue weighted by Gasteiger charge is -2.24. The predicted octanol–water partition coefficient (Wildman–Crippen LogP) is 3.17. The number of halogens is 4. The van der Waals surface area contributed by atoms with Crippen LogP contribution in [0.3, 0.4) is 0 Å². The van der Waals surface area contributed by atoms with E-state index in [4.69, 9.17) is 0 Å². The van der Waals surface area contributed by atoms with E-state index in [0.717, 1.165) is 27.5 Å². The molecule has 1 N–H and O–H groups in total. The van der Waals surface area contributed by atoms with Crippen LogP contribution in [-0.2, 0) is 6.54 Å². The van der Waals surface area contributed by atoms with E-state index in [0.29, 0.717) is 5.56 Å². The minimum Gasteiger partial charge on any atom is -0.269 e. The number of carbonyl (C=O) groups is 1. The molecular weight excluding hydrogens is 325 g/mol. The second-order valence-corrected chi connectivity index (χ2v) is 5.46. The maximum atomic E-state index is 12.5. The van der Waals surface area contributed by atoms with Gasteiger partial charge in [0.05, 0.1) is 6.54 Å². The third-order valence-corrected chi connectivity index (χ3v) is 3.47. The monoisotopic (exact) mass is 336 g/mol. The number of alkyl halides is 3. The number of hydrogen-bond acceptors (Lipinski definition) is 2. The zero-order valence-electron chi connectivity index (χ0n) is 10.3. The van der Waals surface area contributed by atoms with E-state index in [2.05, 4.69) is 21.4 Å². The summed E-state index contributed by atoms with van der Waals surface area (Å²) in [5, 5.41) is 1.02. The molecule has 1 unspecified atom stereocenters. The minimum absolute atomic E-state index is 0.134. The summed E-state index contributed by atoms with van der Waals surface area (Å²) in [5.74, 6) is -0.420. The summed E-state index contributed by atoms with van der Waals surface area (Å²) in [6.07, 6.45) is -4.38. The number of amides is 1. The predicted molar refractivity (Wildman–Crippen MR) is 67.4 cm³/mol. The van der Waals surface area contributed by atoms with Gasteiger partial charge in [-0.15, -0.1) is 0 Å². The van der Waals surface area contributed by atoms with Crippen molar-refractivity contribution in [3.8, 4) is 0 Å². The molecule has 0 spiro atoms. The van der Waals surface area contributed by atoms with E-state index >= 15 is 0 Å². The molecule has 104 valence electrons. The third kappa shape index (κ3) is 2.76. The first-order valence-corrected chi connectivity index (χ1v) is 6.43. The number of hydrogen-bond donors (Lipinski definition) is 1. The second-order valence-electron chi connectivity index (χ2n) is 4.54. The van der Waals surface area contributed by atoms with Gasteiger partial charge in [0.2, 0.25) is 0 Å². The molecule has 1 aromatic rings. The van der Waals surface area contributed by atoms with E-state index in [9.17, 15) is 18.0 Å². The van der Waals surface area contributed by atoms with Gasteiger partial charge >= 0.3 is 6.18 Å². The van der Waals surface area contributed by atoms with Crippen LogP contribution in [0.5, 0.6) is 0 Å². The highest BCUT2D eigenvalue weighted by atomic mass is 79.9. The quantitative estimate of drug-likeness (QED) is 0.899. The molecule has 0 fully saturated rings. The highest BCUT2D eigenvalue weighted by molar-refractivity contribution is 9.10. The smallest absolute Gasteiger partial charge is 0.269 e. The van der Waals surface area contributed by atoms with E-state index < -0.39 is 18.1 Å². The van der Waals surface area contributed by atoms with Gasteiger partial charge in [0.25, 0.3) is 5.91 Å². The van der Waals surface area contributed by atoms with Crippen molar-refractivity contribution in [2.75, 3.05) is 0 Å². The molecule has 0 saturated heterocycles. The van der Waals surface area contributed by atoms with Crippen molar-refractivity contribution in [2.45, 2.75) is 32.6 Å². The lowest BCUT2D eigenvalue weighted by molar-refractivity contribution is -0.160. The Morgan fingerprint density at radius 3 is 2.63 bits per heavy atom. The minimum atomic E-state index is -4.38. The second kappa shape index (κ2) is 4.79. The molecule has 0 aliphatic carbocycles. The van der Waals surface area contributed by atoms with E-state index in [-0.39, 0.29) is 6.54 Å². The van der Waals surface area contributed by atoms with Crippen LogP contribution < -0.4 is 5.43 Å². The third-order valence-electron chi connectivity index (χ3n) is 3.01. The standard InChI is InChI=1S/C12H12BrF3N2O/c1-6-3-9(13)4-8-5-18(11(19)10(6)8)17-7(2)12(14,15)16/h3-4,7,17H,5H2,1-2H3. The zero-order valence-corrected chi connectivity index (χ0v) is 11.9. The van der Waals surface area contributed by atoms with Crippen molar-refractivity contribution in [3.63, 3.8) is 0 Å². The molecule has 19 heavy (non-hydrogen) atoms. The Balaban J connectivity index is 2.22. The Morgan fingerprint density at radius 1 is 1.42 bits per heavy atom. The molecule has 3 nitrogen and oxygen atoms in total. The van der Waals surface area contributed by atoms with E-state index in [1.54, 1.807) is 19.1 Å². The fraction of sp³-hybridized carbons (Fsp3) is 0.417. The van der Waals surface area contributed by atoms with E-state index in [1.165, 1.54) is 0 Å². The molecule has 0 radical (unpaired) electrons. The van der Waals surface area contributed by atoms with Gasteiger partial charge in [0, 0.05) is 10.0 Å². The molecule has 2 rings (SSSR count). The summed E-state index contributed by atoms with van der Waals surface area (Å²) in [4.78, 5) is 12.1. The largest absolute Gasteiger partial charge is 0.405 e. The molecule has 0 saturated carbocycles. The van der Waals surface area contributed by atoms with Crippen LogP contribution in [0.1, 0.15) is 28.4 Å². The lowest BCUT2D eigenvalue weighted by Crippen LogP contribution is -2.50. The molecule has 1 amide bonds. The number of hydrazine groups is 1. The maximum absolute atomic E-state index is 12.5. The fourth-order valence-electron chi connectivity index (χ4n) is 2.03. The van der Waals surface area contributed by atoms with Crippen LogP contribution in [-0.4, -0.2) is 23.1 Å². The first kappa shape index (κ1) is 14.3. The zero-order chi connectivity index (χ0) is 14.4. The first-order valence-electron chi connectivity index (χ1n) is 5.64. The Bertz CT molecular complexity index is 530. The van der Waals surface area contributed by atoms with Crippen LogP contribution >= 0.6 is 15.9 Å². The number of benzene rings is 1. The first-order chi connectivity index (χ1) is 8.70. The Morgan fingerprint density at radius 2 is 2.05 bits per heavy atom. The number of rotatable bonds is 2. The van der Waals surface area contributed by atoms with Gasteiger partial charge in [-0.3, -0.25) is 9.80 Å². The molecular formula is C12H12BrF3N2O. The lowest BCUT2D eigenvalue weighted by atomic mass is 10.0. The molecule has 1 aromatic carbocycles. The van der Waals surface area contributed by atoms with Gasteiger partial charge in [0.1, 0.15) is 6.04 Å². The molecule has 0 bridgehead atoms. The SMILES string of the molecule is Cc1cc(Br)cc2c1C(=O)N(NC(C)C(F)(F)F)C2. The Labute approximate surface area is 116 Å². The van der Waals surface area contributed by atoms with Crippen molar-refractivity contribution in [2.24, 2.45) is 0 Å². The molecule has 1 aliphatic rings. The number of nitrogens with one attached hydrogen (secondary N) is 1. The number of fused-ring (bicyclic) bond motifs is 1. The van der Waals surface area contributed by atoms with Crippen molar-refractivity contribution in [1.82, 2.24) is 10.4 Å². The number of aryl methyl sites for hydroxylation is 1. The van der Waals surface area contributed by atoms with Gasteiger partial charge in [-0.05, 0) is 37.1 Å². The highest BCUT2D eigenvalue weighted by Gasteiger charge is 2.39. The van der Waals surface area contributed by atoms with E-state index in [1.807, 2.05) is 0 Å². The van der Waals surface area contributed by atoms with Gasteiger partial charge < -0.3 is 0 Å². The molecule has 1 atom stereocenters. The number of nitrogens with zero attached hydrogens (tertiary/aromatic N) is 1. The normalized spacial score (nSPS) is 16.7. The summed E-state index contributed by atoms with van der Waals surface area (Å²) >= 11 is 3.31. The summed E-state index contributed by atoms with van der Waals surface area (Å²) in [6.45, 7) is 2.88. The molecule has 1 heterocycles. The van der Waals surface area contributed by atoms with Crippen molar-refractivity contribution in [1.29, 1.82) is 0 Å². The summed E-state index contributed by atoms with van der Waals surface area (Å²) in [7, 11) is 0. The van der Waals surface area contributed by atoms with Crippen LogP contribution in [0.2, 0.25) is 0 Å².